The molecule has 0 aromatic carbocycles. The topological polar surface area (TPSA) is 0 Å². The van der Waals surface area contributed by atoms with E-state index in [2.05, 4.69) is 0 Å². The van der Waals surface area contributed by atoms with Gasteiger partial charge in [0.15, 0.2) is 0 Å². The van der Waals surface area contributed by atoms with Gasteiger partial charge in [-0.25, -0.2) is 44.8 Å². The summed E-state index contributed by atoms with van der Waals surface area (Å²) in [7, 11) is -2.68. The first-order chi connectivity index (χ1) is 12.6. The molecule has 0 spiro atoms. The van der Waals surface area contributed by atoms with Gasteiger partial charge < -0.3 is 0 Å². The van der Waals surface area contributed by atoms with E-state index in [1.165, 1.54) is 0 Å². The Bertz CT molecular complexity index is 1610. The maximum atomic E-state index is 5.72. The second kappa shape index (κ2) is 12.4. The van der Waals surface area contributed by atoms with Crippen molar-refractivity contribution in [2.75, 3.05) is 0 Å². The molecule has 0 aliphatic rings. The average Bonchev–Trinajstić information content (AvgIpc) is 2.52. The van der Waals surface area contributed by atoms with Crippen molar-refractivity contribution in [3.8, 4) is 0 Å². The Morgan fingerprint density at radius 1 is 0.267 bits per heavy atom. The number of rotatable bonds is 9. The monoisotopic (exact) mass is 959 g/mol. The largest absolute Gasteiger partial charge is 0.271 e. The Morgan fingerprint density at radius 2 is 0.400 bits per heavy atom. The molecule has 0 aromatic rings. The van der Waals surface area contributed by atoms with Crippen LogP contribution in [0.25, 0.3) is 0 Å². The Balaban J connectivity index is 7.74. The Kier molecular flexibility index (Phi) is 15.7. The van der Waals surface area contributed by atoms with Gasteiger partial charge in [-0.2, -0.15) is 0 Å². The SMILES string of the molecule is S=[S-](=S)S(=S)(=S)S(=S)(=S)S(=S)(=S)S(=S)(=S)S(=S)(=S)S(=S)(=S)S(=S)(=S)S(=S)(=S)[S-](=S)=S. The zero-order valence-corrected chi connectivity index (χ0v) is 36.7. The summed E-state index contributed by atoms with van der Waals surface area (Å²) in [4.78, 5) is 0. The van der Waals surface area contributed by atoms with E-state index in [0.29, 0.717) is 0 Å². The van der Waals surface area contributed by atoms with E-state index in [-0.39, 0.29) is 0 Å². The van der Waals surface area contributed by atoms with Gasteiger partial charge in [0.2, 0.25) is 0 Å². The molecule has 0 heterocycles. The van der Waals surface area contributed by atoms with Crippen LogP contribution in [0.3, 0.4) is 0 Å². The van der Waals surface area contributed by atoms with E-state index in [1.54, 1.807) is 0 Å². The smallest absolute Gasteiger partial charge is 0.0451 e. The number of hydrogen-bond acceptors (Lipinski definition) is 22. The van der Waals surface area contributed by atoms with Crippen LogP contribution in [0.1, 0.15) is 0 Å². The molecule has 0 N–H and O–H groups in total. The Hall–Kier alpha value is 7.90. The van der Waals surface area contributed by atoms with Crippen LogP contribution in [-0.2, 0) is 280 Å². The van der Waals surface area contributed by atoms with Crippen molar-refractivity contribution in [1.82, 2.24) is 0 Å². The van der Waals surface area contributed by atoms with Crippen LogP contribution in [0.15, 0.2) is 0 Å². The summed E-state index contributed by atoms with van der Waals surface area (Å²) in [5.41, 5.74) is 0. The average molecular weight is 962 g/mol. The summed E-state index contributed by atoms with van der Waals surface area (Å²) in [5.74, 6) is 0. The molecule has 0 radical (unpaired) electrons. The maximum absolute atomic E-state index is 5.72. The van der Waals surface area contributed by atoms with Crippen molar-refractivity contribution in [1.29, 1.82) is 0 Å². The molecular formula is S30-2. The van der Waals surface area contributed by atoms with Gasteiger partial charge in [0.25, 0.3) is 0 Å². The van der Waals surface area contributed by atoms with Gasteiger partial charge in [0.05, 0.1) is 0 Å². The normalized spacial score (nSPS) is 15.9. The van der Waals surface area contributed by atoms with E-state index < -0.39 is 55.8 Å². The lowest BCUT2D eigenvalue weighted by molar-refractivity contribution is 5.02. The zero-order chi connectivity index (χ0) is 25.2. The molecule has 0 atom stereocenters. The molecule has 0 amide bonds. The van der Waals surface area contributed by atoms with Crippen LogP contribution in [-0.4, -0.2) is 0 Å². The van der Waals surface area contributed by atoms with Gasteiger partial charge in [-0.3, -0.25) is 14.1 Å². The first kappa shape index (κ1) is 37.9. The lowest BCUT2D eigenvalue weighted by Gasteiger charge is -2.34. The first-order valence-corrected chi connectivity index (χ1v) is 43.5. The van der Waals surface area contributed by atoms with E-state index in [9.17, 15) is 0 Å². The molecule has 0 unspecified atom stereocenters. The van der Waals surface area contributed by atoms with Crippen molar-refractivity contribution < 1.29 is 0 Å². The highest BCUT2D eigenvalue weighted by atomic mass is 34.4. The lowest BCUT2D eigenvalue weighted by Crippen LogP contribution is -2.35. The molecule has 0 fully saturated rings. The third-order valence-electron chi connectivity index (χ3n) is 2.08. The standard InChI is InChI=1S/S30/c1-21(2)23(5,6)25(9,10)27(13,14)29(17,18)30(19,20)28(15,16)26(11,12)24(7,8)22(3)4/q-2. The van der Waals surface area contributed by atoms with E-state index in [0.717, 1.165) is 0 Å². The Labute approximate surface area is 272 Å². The summed E-state index contributed by atoms with van der Waals surface area (Å²) in [6, 6.07) is 0. The molecular weight excluding hydrogens is 962 g/mol. The van der Waals surface area contributed by atoms with Gasteiger partial charge in [0, 0.05) is 31.3 Å². The molecule has 0 aromatic heterocycles. The fraction of sp³-hybridized carbons (Fsp3) is 0. The zero-order valence-electron chi connectivity index (χ0n) is 12.2. The van der Waals surface area contributed by atoms with Crippen LogP contribution < -0.4 is 0 Å². The number of hydrogen-bond donors (Lipinski definition) is 0. The molecule has 0 aliphatic heterocycles. The Morgan fingerprint density at radius 3 is 0.533 bits per heavy atom. The maximum Gasteiger partial charge on any atom is 0.0451 e. The molecule has 0 saturated carbocycles. The van der Waals surface area contributed by atoms with Gasteiger partial charge in [-0.1, -0.05) is 55.2 Å². The van der Waals surface area contributed by atoms with Crippen molar-refractivity contribution in [2.45, 2.75) is 0 Å². The quantitative estimate of drug-likeness (QED) is 0.224. The minimum absolute atomic E-state index is 1.34. The molecule has 0 bridgehead atoms. The fourth-order valence-electron chi connectivity index (χ4n) is 0.748. The summed E-state index contributed by atoms with van der Waals surface area (Å²) in [6.45, 7) is 0. The van der Waals surface area contributed by atoms with Crippen molar-refractivity contribution in [3.05, 3.63) is 0 Å². The second-order valence-corrected chi connectivity index (χ2v) is 99.2. The van der Waals surface area contributed by atoms with Crippen molar-refractivity contribution >= 4 is 280 Å². The van der Waals surface area contributed by atoms with Crippen LogP contribution in [0.4, 0.5) is 0 Å². The molecule has 0 nitrogen and oxygen atoms in total. The van der Waals surface area contributed by atoms with Crippen LogP contribution >= 0.6 is 0 Å². The van der Waals surface area contributed by atoms with Gasteiger partial charge in [-0.15, -0.1) is 0 Å². The van der Waals surface area contributed by atoms with E-state index >= 15 is 0 Å². The predicted octanol–water partition coefficient (Wildman–Crippen LogP) is -0.0720. The predicted molar refractivity (Wildman–Crippen MR) is 221 cm³/mol. The molecule has 182 valence electrons. The van der Waals surface area contributed by atoms with Gasteiger partial charge in [0.1, 0.15) is 0 Å². The van der Waals surface area contributed by atoms with Crippen molar-refractivity contribution in [3.63, 3.8) is 0 Å². The van der Waals surface area contributed by atoms with Crippen LogP contribution in [0.2, 0.25) is 0 Å². The molecule has 0 aliphatic carbocycles. The summed E-state index contributed by atoms with van der Waals surface area (Å²) >= 11 is 110. The van der Waals surface area contributed by atoms with Gasteiger partial charge >= 0.3 is 0 Å². The molecule has 0 rings (SSSR count). The third kappa shape index (κ3) is 6.36. The summed E-state index contributed by atoms with van der Waals surface area (Å²) < 4.78 is 0. The van der Waals surface area contributed by atoms with Crippen LogP contribution in [0, 0.1) is 0 Å². The summed E-state index contributed by atoms with van der Waals surface area (Å²) in [5, 5.41) is -24.5. The van der Waals surface area contributed by atoms with Crippen molar-refractivity contribution in [2.24, 2.45) is 0 Å². The lowest BCUT2D eigenvalue weighted by atomic mass is 29.7. The highest BCUT2D eigenvalue weighted by Crippen LogP contribution is 2.36. The van der Waals surface area contributed by atoms with Gasteiger partial charge in [-0.05, 0) is 134 Å². The molecule has 30 heteroatoms. The first-order valence-electron chi connectivity index (χ1n) is 4.83. The van der Waals surface area contributed by atoms with E-state index in [1.807, 2.05) is 0 Å². The fourth-order valence-corrected chi connectivity index (χ4v) is 182. The molecule has 0 saturated heterocycles. The minimum Gasteiger partial charge on any atom is -0.271 e. The van der Waals surface area contributed by atoms with E-state index in [4.69, 9.17) is 224 Å². The summed E-state index contributed by atoms with van der Waals surface area (Å²) in [6.07, 6.45) is 0. The third-order valence-corrected chi connectivity index (χ3v) is 169. The highest BCUT2D eigenvalue weighted by Gasteiger charge is 2.37. The minimum atomic E-state index is -3.25. The highest BCUT2D eigenvalue weighted by molar-refractivity contribution is 9.73. The second-order valence-electron chi connectivity index (χ2n) is 3.67. The molecule has 30 heavy (non-hydrogen) atoms. The van der Waals surface area contributed by atoms with Crippen LogP contribution in [0.5, 0.6) is 0 Å².